The van der Waals surface area contributed by atoms with Gasteiger partial charge in [0.15, 0.2) is 11.6 Å². The molecule has 1 amide bonds. The van der Waals surface area contributed by atoms with Crippen molar-refractivity contribution in [2.75, 3.05) is 6.54 Å². The Morgan fingerprint density at radius 2 is 2.00 bits per heavy atom. The Hall–Kier alpha value is -1.98. The van der Waals surface area contributed by atoms with Gasteiger partial charge in [-0.3, -0.25) is 9.59 Å². The van der Waals surface area contributed by atoms with Crippen LogP contribution in [0.4, 0.5) is 8.78 Å². The number of carbonyl (C=O) groups excluding carboxylic acids is 1. The van der Waals surface area contributed by atoms with E-state index >= 15 is 0 Å². The number of hydrogen-bond acceptors (Lipinski definition) is 2. The van der Waals surface area contributed by atoms with Crippen LogP contribution in [0.2, 0.25) is 0 Å². The van der Waals surface area contributed by atoms with Gasteiger partial charge in [-0.05, 0) is 18.9 Å². The molecule has 1 aliphatic carbocycles. The third-order valence-corrected chi connectivity index (χ3v) is 3.31. The first-order valence-corrected chi connectivity index (χ1v) is 5.88. The van der Waals surface area contributed by atoms with E-state index in [4.69, 9.17) is 5.11 Å². The van der Waals surface area contributed by atoms with Gasteiger partial charge in [0, 0.05) is 12.1 Å². The van der Waals surface area contributed by atoms with Gasteiger partial charge in [0.1, 0.15) is 0 Å². The Morgan fingerprint density at radius 1 is 1.32 bits per heavy atom. The van der Waals surface area contributed by atoms with E-state index in [2.05, 4.69) is 5.32 Å². The molecule has 0 atom stereocenters. The average molecular weight is 269 g/mol. The zero-order valence-electron chi connectivity index (χ0n) is 10.1. The molecule has 2 N–H and O–H groups in total. The van der Waals surface area contributed by atoms with Gasteiger partial charge in [-0.25, -0.2) is 8.78 Å². The smallest absolute Gasteiger partial charge is 0.311 e. The highest BCUT2D eigenvalue weighted by Gasteiger charge is 2.50. The van der Waals surface area contributed by atoms with Crippen LogP contribution in [-0.2, 0) is 16.0 Å². The lowest BCUT2D eigenvalue weighted by molar-refractivity contribution is -0.143. The Bertz CT molecular complexity index is 527. The first kappa shape index (κ1) is 13.5. The molecule has 0 radical (unpaired) electrons. The summed E-state index contributed by atoms with van der Waals surface area (Å²) in [6, 6.07) is 3.61. The summed E-state index contributed by atoms with van der Waals surface area (Å²) in [4.78, 5) is 22.5. The number of rotatable bonds is 5. The molecule has 1 aliphatic rings. The largest absolute Gasteiger partial charge is 0.481 e. The standard InChI is InChI=1S/C13H13F2NO3/c14-9-3-1-2-8(11(9)15)6-10(17)16-7-13(4-5-13)12(18)19/h1-3H,4-7H2,(H,16,17)(H,18,19). The summed E-state index contributed by atoms with van der Waals surface area (Å²) in [7, 11) is 0. The van der Waals surface area contributed by atoms with Gasteiger partial charge in [0.25, 0.3) is 0 Å². The van der Waals surface area contributed by atoms with E-state index in [1.165, 1.54) is 12.1 Å². The van der Waals surface area contributed by atoms with Gasteiger partial charge in [-0.1, -0.05) is 12.1 Å². The van der Waals surface area contributed by atoms with Crippen LogP contribution in [0.3, 0.4) is 0 Å². The molecule has 4 nitrogen and oxygen atoms in total. The van der Waals surface area contributed by atoms with Gasteiger partial charge in [0.05, 0.1) is 11.8 Å². The summed E-state index contributed by atoms with van der Waals surface area (Å²) in [6.45, 7) is 0.0259. The topological polar surface area (TPSA) is 66.4 Å². The predicted molar refractivity (Wildman–Crippen MR) is 62.4 cm³/mol. The van der Waals surface area contributed by atoms with Crippen LogP contribution in [0.5, 0.6) is 0 Å². The third-order valence-electron chi connectivity index (χ3n) is 3.31. The maximum absolute atomic E-state index is 13.3. The van der Waals surface area contributed by atoms with Crippen molar-refractivity contribution >= 4 is 11.9 Å². The number of carbonyl (C=O) groups is 2. The summed E-state index contributed by atoms with van der Waals surface area (Å²) < 4.78 is 26.3. The Morgan fingerprint density at radius 3 is 2.58 bits per heavy atom. The molecule has 0 aromatic heterocycles. The minimum absolute atomic E-state index is 0.0259. The Kier molecular flexibility index (Phi) is 3.50. The van der Waals surface area contributed by atoms with E-state index in [1.54, 1.807) is 0 Å². The molecule has 0 spiro atoms. The van der Waals surface area contributed by atoms with Crippen LogP contribution < -0.4 is 5.32 Å². The lowest BCUT2D eigenvalue weighted by atomic mass is 10.1. The average Bonchev–Trinajstić information content (AvgIpc) is 3.14. The van der Waals surface area contributed by atoms with E-state index in [0.29, 0.717) is 12.8 Å². The van der Waals surface area contributed by atoms with Gasteiger partial charge in [-0.2, -0.15) is 0 Å². The molecule has 0 saturated heterocycles. The molecule has 1 aromatic rings. The molecule has 0 aliphatic heterocycles. The van der Waals surface area contributed by atoms with Gasteiger partial charge < -0.3 is 10.4 Å². The third kappa shape index (κ3) is 2.89. The van der Waals surface area contributed by atoms with E-state index in [-0.39, 0.29) is 18.5 Å². The van der Waals surface area contributed by atoms with Crippen molar-refractivity contribution in [3.8, 4) is 0 Å². The first-order valence-electron chi connectivity index (χ1n) is 5.88. The van der Waals surface area contributed by atoms with Crippen LogP contribution in [-0.4, -0.2) is 23.5 Å². The molecule has 6 heteroatoms. The van der Waals surface area contributed by atoms with Crippen LogP contribution in [0.25, 0.3) is 0 Å². The number of benzene rings is 1. The van der Waals surface area contributed by atoms with E-state index in [0.717, 1.165) is 6.07 Å². The maximum Gasteiger partial charge on any atom is 0.311 e. The van der Waals surface area contributed by atoms with Crippen LogP contribution >= 0.6 is 0 Å². The van der Waals surface area contributed by atoms with Crippen LogP contribution in [0.1, 0.15) is 18.4 Å². The molecule has 0 heterocycles. The predicted octanol–water partition coefficient (Wildman–Crippen LogP) is 1.49. The van der Waals surface area contributed by atoms with Gasteiger partial charge >= 0.3 is 5.97 Å². The minimum Gasteiger partial charge on any atom is -0.481 e. The molecule has 1 saturated carbocycles. The quantitative estimate of drug-likeness (QED) is 0.851. The zero-order valence-corrected chi connectivity index (χ0v) is 10.1. The maximum atomic E-state index is 13.3. The molecule has 1 aromatic carbocycles. The summed E-state index contributed by atoms with van der Waals surface area (Å²) >= 11 is 0. The van der Waals surface area contributed by atoms with Crippen molar-refractivity contribution in [2.45, 2.75) is 19.3 Å². The summed E-state index contributed by atoms with van der Waals surface area (Å²) in [5.74, 6) is -3.51. The zero-order chi connectivity index (χ0) is 14.0. The second kappa shape index (κ2) is 4.95. The number of nitrogens with one attached hydrogen (secondary N) is 1. The highest BCUT2D eigenvalue weighted by molar-refractivity contribution is 5.82. The van der Waals surface area contributed by atoms with Crippen molar-refractivity contribution < 1.29 is 23.5 Å². The second-order valence-electron chi connectivity index (χ2n) is 4.75. The molecular formula is C13H13F2NO3. The number of halogens is 2. The van der Waals surface area contributed by atoms with Gasteiger partial charge in [0.2, 0.25) is 5.91 Å². The Labute approximate surface area is 108 Å². The van der Waals surface area contributed by atoms with E-state index < -0.39 is 28.9 Å². The summed E-state index contributed by atoms with van der Waals surface area (Å²) in [5.41, 5.74) is -0.909. The van der Waals surface area contributed by atoms with Gasteiger partial charge in [-0.15, -0.1) is 0 Å². The van der Waals surface area contributed by atoms with Crippen molar-refractivity contribution in [3.63, 3.8) is 0 Å². The van der Waals surface area contributed by atoms with E-state index in [9.17, 15) is 18.4 Å². The fraction of sp³-hybridized carbons (Fsp3) is 0.385. The number of amides is 1. The van der Waals surface area contributed by atoms with E-state index in [1.807, 2.05) is 0 Å². The number of carboxylic acids is 1. The highest BCUT2D eigenvalue weighted by Crippen LogP contribution is 2.45. The number of aliphatic carboxylic acids is 1. The van der Waals surface area contributed by atoms with Crippen molar-refractivity contribution in [3.05, 3.63) is 35.4 Å². The lowest BCUT2D eigenvalue weighted by Crippen LogP contribution is -2.35. The number of carboxylic acid groups (broad SMARTS) is 1. The molecule has 1 fully saturated rings. The molecule has 0 unspecified atom stereocenters. The molecule has 0 bridgehead atoms. The lowest BCUT2D eigenvalue weighted by Gasteiger charge is -2.11. The van der Waals surface area contributed by atoms with Crippen molar-refractivity contribution in [1.29, 1.82) is 0 Å². The Balaban J connectivity index is 1.91. The number of hydrogen-bond donors (Lipinski definition) is 2. The normalized spacial score (nSPS) is 15.9. The van der Waals surface area contributed by atoms with Crippen molar-refractivity contribution in [1.82, 2.24) is 5.32 Å². The molecule has 2 rings (SSSR count). The summed E-state index contributed by atoms with van der Waals surface area (Å²) in [5, 5.41) is 11.4. The molecule has 19 heavy (non-hydrogen) atoms. The SMILES string of the molecule is O=C(Cc1cccc(F)c1F)NCC1(C(=O)O)CC1. The van der Waals surface area contributed by atoms with Crippen LogP contribution in [0.15, 0.2) is 18.2 Å². The second-order valence-corrected chi connectivity index (χ2v) is 4.75. The first-order chi connectivity index (χ1) is 8.94. The monoisotopic (exact) mass is 269 g/mol. The summed E-state index contributed by atoms with van der Waals surface area (Å²) in [6.07, 6.45) is 0.743. The molecular weight excluding hydrogens is 256 g/mol. The van der Waals surface area contributed by atoms with Crippen LogP contribution in [0, 0.1) is 17.0 Å². The minimum atomic E-state index is -1.04. The van der Waals surface area contributed by atoms with Crippen molar-refractivity contribution in [2.24, 2.45) is 5.41 Å². The fourth-order valence-corrected chi connectivity index (χ4v) is 1.81. The molecule has 102 valence electrons. The fourth-order valence-electron chi connectivity index (χ4n) is 1.81. The highest BCUT2D eigenvalue weighted by atomic mass is 19.2.